The molecule has 1 radical (unpaired) electrons. The summed E-state index contributed by atoms with van der Waals surface area (Å²) in [4.78, 5) is 23.5. The Balaban J connectivity index is 0.00000180. The predicted molar refractivity (Wildman–Crippen MR) is 67.0 cm³/mol. The van der Waals surface area contributed by atoms with Gasteiger partial charge in [0.2, 0.25) is 0 Å². The van der Waals surface area contributed by atoms with E-state index in [0.717, 1.165) is 25.9 Å². The molecule has 1 fully saturated rings. The molecule has 0 aromatic heterocycles. The van der Waals surface area contributed by atoms with Gasteiger partial charge in [-0.2, -0.15) is 6.41 Å². The molecule has 1 amide bonds. The van der Waals surface area contributed by atoms with Gasteiger partial charge in [-0.3, -0.25) is 0 Å². The van der Waals surface area contributed by atoms with Gasteiger partial charge in [0.25, 0.3) is 0 Å². The Bertz CT molecular complexity index is 425. The van der Waals surface area contributed by atoms with E-state index in [1.54, 1.807) is 17.0 Å². The summed E-state index contributed by atoms with van der Waals surface area (Å²) >= 11 is 0. The number of hydrogen-bond donors (Lipinski definition) is 0. The van der Waals surface area contributed by atoms with Gasteiger partial charge in [-0.15, -0.1) is 0 Å². The topological polar surface area (TPSA) is 46.6 Å². The summed E-state index contributed by atoms with van der Waals surface area (Å²) in [5.41, 5.74) is 1.79. The fourth-order valence-electron chi connectivity index (χ4n) is 2.31. The van der Waals surface area contributed by atoms with Crippen LogP contribution in [0.15, 0.2) is 24.3 Å². The van der Waals surface area contributed by atoms with Gasteiger partial charge in [0.15, 0.2) is 0 Å². The Hall–Kier alpha value is -0.736. The summed E-state index contributed by atoms with van der Waals surface area (Å²) in [6.07, 6.45) is 3.83. The minimum absolute atomic E-state index is 0. The number of hydrogen-bond acceptors (Lipinski definition) is 3. The first kappa shape index (κ1) is 16.3. The minimum atomic E-state index is -0.313. The van der Waals surface area contributed by atoms with E-state index < -0.39 is 0 Å². The molecule has 2 rings (SSSR count). The van der Waals surface area contributed by atoms with E-state index in [9.17, 15) is 9.59 Å². The van der Waals surface area contributed by atoms with Gasteiger partial charge in [-0.05, 0) is 49.5 Å². The van der Waals surface area contributed by atoms with Crippen molar-refractivity contribution in [3.8, 4) is 0 Å². The van der Waals surface area contributed by atoms with Crippen molar-refractivity contribution in [2.24, 2.45) is 0 Å². The van der Waals surface area contributed by atoms with Gasteiger partial charge in [0.05, 0.1) is 12.7 Å². The molecule has 1 aliphatic rings. The van der Waals surface area contributed by atoms with Crippen LogP contribution < -0.4 is 0 Å². The van der Waals surface area contributed by atoms with Crippen molar-refractivity contribution in [2.45, 2.75) is 18.8 Å². The van der Waals surface area contributed by atoms with Crippen molar-refractivity contribution in [1.29, 1.82) is 0 Å². The van der Waals surface area contributed by atoms with Gasteiger partial charge in [0, 0.05) is 32.7 Å². The van der Waals surface area contributed by atoms with E-state index in [2.05, 4.69) is 4.74 Å². The fourth-order valence-corrected chi connectivity index (χ4v) is 2.31. The largest absolute Gasteiger partial charge is 0.520 e. The van der Waals surface area contributed by atoms with E-state index in [4.69, 9.17) is 0 Å². The third-order valence-electron chi connectivity index (χ3n) is 3.43. The molecule has 1 aromatic carbocycles. The predicted octanol–water partition coefficient (Wildman–Crippen LogP) is 1.72. The summed E-state index contributed by atoms with van der Waals surface area (Å²) < 4.78 is 4.66. The molecule has 1 heterocycles. The first-order valence-corrected chi connectivity index (χ1v) is 6.05. The van der Waals surface area contributed by atoms with Crippen LogP contribution in [0.4, 0.5) is 0 Å². The summed E-state index contributed by atoms with van der Waals surface area (Å²) in [6.45, 7) is 1.51. The van der Waals surface area contributed by atoms with Crippen LogP contribution in [0.3, 0.4) is 0 Å². The van der Waals surface area contributed by atoms with Crippen LogP contribution in [-0.4, -0.2) is 37.5 Å². The van der Waals surface area contributed by atoms with Crippen LogP contribution >= 0.6 is 0 Å². The van der Waals surface area contributed by atoms with Crippen LogP contribution in [0.1, 0.15) is 34.7 Å². The van der Waals surface area contributed by atoms with Crippen LogP contribution in [-0.2, 0) is 42.2 Å². The van der Waals surface area contributed by atoms with Gasteiger partial charge >= 0.3 is 5.97 Å². The summed E-state index contributed by atoms with van der Waals surface area (Å²) in [7, 11) is 1.38. The monoisotopic (exact) mass is 335 g/mol. The zero-order valence-corrected chi connectivity index (χ0v) is 13.8. The van der Waals surface area contributed by atoms with Crippen molar-refractivity contribution in [2.75, 3.05) is 20.2 Å². The van der Waals surface area contributed by atoms with Crippen LogP contribution in [0.25, 0.3) is 0 Å². The quantitative estimate of drug-likeness (QED) is 0.624. The van der Waals surface area contributed by atoms with E-state index in [1.165, 1.54) is 12.7 Å². The Morgan fingerprint density at radius 3 is 2.32 bits per heavy atom. The molecule has 0 saturated carbocycles. The third-order valence-corrected chi connectivity index (χ3v) is 3.43. The molecule has 4 nitrogen and oxygen atoms in total. The number of ether oxygens (including phenoxy) is 1. The molecular weight excluding hydrogens is 319 g/mol. The standard InChI is InChI=1S/C14H16NO3.Y/c1-18-14(17)13-4-2-11(3-5-13)12-6-8-15(10-16)9-7-12;/h2-5,12H,6-9H2,1H3;/q-1;. The van der Waals surface area contributed by atoms with Gasteiger partial charge in [0.1, 0.15) is 0 Å². The number of esters is 1. The zero-order valence-electron chi connectivity index (χ0n) is 11.0. The maximum Gasteiger partial charge on any atom is 0.337 e. The second kappa shape index (κ2) is 7.76. The van der Waals surface area contributed by atoms with Gasteiger partial charge in [-0.25, -0.2) is 4.79 Å². The summed E-state index contributed by atoms with van der Waals surface area (Å²) in [6, 6.07) is 7.52. The number of piperidine rings is 1. The van der Waals surface area contributed by atoms with E-state index in [1.807, 2.05) is 18.5 Å². The molecule has 0 spiro atoms. The number of rotatable bonds is 3. The van der Waals surface area contributed by atoms with Crippen molar-refractivity contribution < 1.29 is 47.0 Å². The van der Waals surface area contributed by atoms with Gasteiger partial charge < -0.3 is 14.4 Å². The van der Waals surface area contributed by atoms with Crippen molar-refractivity contribution in [1.82, 2.24) is 4.90 Å². The second-order valence-corrected chi connectivity index (χ2v) is 4.47. The van der Waals surface area contributed by atoms with Crippen LogP contribution in [0.2, 0.25) is 0 Å². The average Bonchev–Trinajstić information content (AvgIpc) is 2.47. The normalized spacial score (nSPS) is 15.5. The first-order chi connectivity index (χ1) is 8.74. The molecule has 0 unspecified atom stereocenters. The van der Waals surface area contributed by atoms with Crippen molar-refractivity contribution in [3.05, 3.63) is 35.4 Å². The Morgan fingerprint density at radius 1 is 1.26 bits per heavy atom. The molecule has 99 valence electrons. The van der Waals surface area contributed by atoms with Crippen LogP contribution in [0, 0.1) is 0 Å². The molecular formula is C14H16NO3Y-. The molecule has 5 heteroatoms. The number of benzene rings is 1. The second-order valence-electron chi connectivity index (χ2n) is 4.47. The fraction of sp³-hybridized carbons (Fsp3) is 0.429. The molecule has 19 heavy (non-hydrogen) atoms. The van der Waals surface area contributed by atoms with Gasteiger partial charge in [-0.1, -0.05) is 12.1 Å². The zero-order chi connectivity index (χ0) is 13.0. The number of likely N-dealkylation sites (tertiary alicyclic amines) is 1. The molecule has 1 aromatic rings. The van der Waals surface area contributed by atoms with Crippen LogP contribution in [0.5, 0.6) is 0 Å². The number of amides is 1. The first-order valence-electron chi connectivity index (χ1n) is 6.05. The maximum atomic E-state index is 11.3. The molecule has 0 bridgehead atoms. The smallest absolute Gasteiger partial charge is 0.337 e. The molecule has 1 aliphatic heterocycles. The molecule has 0 aliphatic carbocycles. The number of methoxy groups -OCH3 is 1. The Labute approximate surface area is 138 Å². The SMILES string of the molecule is COC(=O)c1ccc(C2CCN([C-]=O)CC2)cc1.[Y]. The van der Waals surface area contributed by atoms with E-state index in [0.29, 0.717) is 11.5 Å². The van der Waals surface area contributed by atoms with Crippen molar-refractivity contribution >= 4 is 12.4 Å². The maximum absolute atomic E-state index is 11.3. The molecule has 0 atom stereocenters. The third kappa shape index (κ3) is 4.12. The van der Waals surface area contributed by atoms with Crippen molar-refractivity contribution in [3.63, 3.8) is 0 Å². The number of carbonyl (C=O) groups excluding carboxylic acids is 2. The van der Waals surface area contributed by atoms with E-state index >= 15 is 0 Å². The molecule has 0 N–H and O–H groups in total. The number of nitrogens with zero attached hydrogens (tertiary/aromatic N) is 1. The molecule has 1 saturated heterocycles. The van der Waals surface area contributed by atoms with E-state index in [-0.39, 0.29) is 38.7 Å². The Kier molecular flexibility index (Phi) is 6.66. The summed E-state index contributed by atoms with van der Waals surface area (Å²) in [5.74, 6) is 0.147. The Morgan fingerprint density at radius 2 is 1.84 bits per heavy atom. The summed E-state index contributed by atoms with van der Waals surface area (Å²) in [5, 5.41) is 0. The minimum Gasteiger partial charge on any atom is -0.520 e. The average molecular weight is 335 g/mol. The number of carbonyl (C=O) groups is 1.